The van der Waals surface area contributed by atoms with E-state index >= 15 is 0 Å². The van der Waals surface area contributed by atoms with Gasteiger partial charge < -0.3 is 9.15 Å². The molecule has 3 rings (SSSR count). The number of esters is 1. The van der Waals surface area contributed by atoms with Gasteiger partial charge in [0.1, 0.15) is 5.69 Å². The topological polar surface area (TPSA) is 78.1 Å². The molecule has 21 heavy (non-hydrogen) atoms. The number of ether oxygens (including phenoxy) is 1. The number of hydrogen-bond donors (Lipinski definition) is 0. The molecule has 0 saturated heterocycles. The van der Waals surface area contributed by atoms with Gasteiger partial charge in [-0.25, -0.2) is 9.78 Å². The average Bonchev–Trinajstić information content (AvgIpc) is 3.19. The first-order valence-electron chi connectivity index (χ1n) is 6.23. The van der Waals surface area contributed by atoms with Gasteiger partial charge in [0.15, 0.2) is 6.10 Å². The summed E-state index contributed by atoms with van der Waals surface area (Å²) in [7, 11) is 0. The summed E-state index contributed by atoms with van der Waals surface area (Å²) < 4.78 is 10.8. The zero-order valence-electron chi connectivity index (χ0n) is 11.1. The molecule has 0 N–H and O–H groups in total. The normalized spacial score (nSPS) is 12.0. The van der Waals surface area contributed by atoms with Crippen LogP contribution in [0.3, 0.4) is 0 Å². The average molecular weight is 301 g/mol. The molecule has 3 aromatic heterocycles. The Morgan fingerprint density at radius 3 is 2.90 bits per heavy atom. The summed E-state index contributed by atoms with van der Waals surface area (Å²) in [5, 5.41) is 9.78. The van der Waals surface area contributed by atoms with Crippen molar-refractivity contribution < 1.29 is 13.9 Å². The van der Waals surface area contributed by atoms with Crippen molar-refractivity contribution in [2.45, 2.75) is 13.0 Å². The van der Waals surface area contributed by atoms with Crippen molar-refractivity contribution in [3.63, 3.8) is 0 Å². The van der Waals surface area contributed by atoms with Gasteiger partial charge in [0, 0.05) is 6.20 Å². The summed E-state index contributed by atoms with van der Waals surface area (Å²) in [5.41, 5.74) is 0.238. The molecule has 0 fully saturated rings. The molecule has 3 aromatic rings. The zero-order chi connectivity index (χ0) is 14.7. The summed E-state index contributed by atoms with van der Waals surface area (Å²) in [4.78, 5) is 16.7. The first-order chi connectivity index (χ1) is 10.2. The maximum atomic E-state index is 11.9. The number of nitrogens with zero attached hydrogens (tertiary/aromatic N) is 3. The minimum Gasteiger partial charge on any atom is -0.448 e. The van der Waals surface area contributed by atoms with Gasteiger partial charge in [0.25, 0.3) is 11.8 Å². The van der Waals surface area contributed by atoms with Crippen LogP contribution < -0.4 is 0 Å². The molecular weight excluding hydrogens is 290 g/mol. The number of rotatable bonds is 4. The van der Waals surface area contributed by atoms with E-state index in [0.717, 1.165) is 4.88 Å². The lowest BCUT2D eigenvalue weighted by atomic mass is 10.3. The van der Waals surface area contributed by atoms with Crippen LogP contribution in [-0.4, -0.2) is 21.2 Å². The lowest BCUT2D eigenvalue weighted by Gasteiger charge is -2.08. The molecule has 6 nitrogen and oxygen atoms in total. The number of thiophene rings is 1. The van der Waals surface area contributed by atoms with Crippen LogP contribution in [0.4, 0.5) is 0 Å². The second kappa shape index (κ2) is 5.84. The fraction of sp³-hybridized carbons (Fsp3) is 0.143. The lowest BCUT2D eigenvalue weighted by Crippen LogP contribution is -2.10. The molecule has 0 aliphatic carbocycles. The molecule has 7 heteroatoms. The van der Waals surface area contributed by atoms with Crippen LogP contribution in [0.2, 0.25) is 0 Å². The van der Waals surface area contributed by atoms with E-state index in [2.05, 4.69) is 15.2 Å². The summed E-state index contributed by atoms with van der Waals surface area (Å²) in [6.45, 7) is 1.67. The lowest BCUT2D eigenvalue weighted by molar-refractivity contribution is 0.0273. The van der Waals surface area contributed by atoms with E-state index in [1.165, 1.54) is 17.5 Å². The van der Waals surface area contributed by atoms with Gasteiger partial charge in [-0.1, -0.05) is 12.1 Å². The van der Waals surface area contributed by atoms with Crippen molar-refractivity contribution in [3.05, 3.63) is 53.5 Å². The van der Waals surface area contributed by atoms with Crippen LogP contribution in [0.15, 0.2) is 46.3 Å². The smallest absolute Gasteiger partial charge is 0.357 e. The Morgan fingerprint density at radius 1 is 1.29 bits per heavy atom. The number of hydrogen-bond acceptors (Lipinski definition) is 7. The third-order valence-corrected chi connectivity index (χ3v) is 3.54. The molecule has 0 amide bonds. The summed E-state index contributed by atoms with van der Waals surface area (Å²) in [6.07, 6.45) is 0.892. The highest BCUT2D eigenvalue weighted by Gasteiger charge is 2.20. The first-order valence-corrected chi connectivity index (χ1v) is 7.11. The third kappa shape index (κ3) is 2.97. The highest BCUT2D eigenvalue weighted by Crippen LogP contribution is 2.26. The van der Waals surface area contributed by atoms with Crippen molar-refractivity contribution >= 4 is 17.3 Å². The largest absolute Gasteiger partial charge is 0.448 e. The maximum absolute atomic E-state index is 11.9. The number of pyridine rings is 1. The maximum Gasteiger partial charge on any atom is 0.357 e. The minimum atomic E-state index is -0.638. The quantitative estimate of drug-likeness (QED) is 0.689. The van der Waals surface area contributed by atoms with E-state index in [9.17, 15) is 4.79 Å². The van der Waals surface area contributed by atoms with Gasteiger partial charge in [-0.2, -0.15) is 0 Å². The van der Waals surface area contributed by atoms with E-state index in [4.69, 9.17) is 9.15 Å². The Balaban J connectivity index is 1.71. The standard InChI is InChI=1S/C14H11N3O3S/c1-9(19-14(18)10-5-2-3-7-15-10)12-16-17-13(20-12)11-6-4-8-21-11/h2-9H,1H3/t9-/m0/s1. The number of carbonyl (C=O) groups excluding carboxylic acids is 1. The molecule has 1 atom stereocenters. The molecule has 0 spiro atoms. The van der Waals surface area contributed by atoms with Crippen molar-refractivity contribution in [1.82, 2.24) is 15.2 Å². The van der Waals surface area contributed by atoms with Crippen molar-refractivity contribution in [3.8, 4) is 10.8 Å². The van der Waals surface area contributed by atoms with E-state index in [0.29, 0.717) is 5.89 Å². The Bertz CT molecular complexity index is 725. The summed E-state index contributed by atoms with van der Waals surface area (Å²) in [5.74, 6) is 0.141. The van der Waals surface area contributed by atoms with Crippen LogP contribution >= 0.6 is 11.3 Å². The molecule has 0 aliphatic rings. The molecule has 0 aliphatic heterocycles. The Labute approximate surface area is 124 Å². The third-order valence-electron chi connectivity index (χ3n) is 2.68. The second-order valence-electron chi connectivity index (χ2n) is 4.19. The van der Waals surface area contributed by atoms with Crippen LogP contribution in [0.25, 0.3) is 10.8 Å². The fourth-order valence-electron chi connectivity index (χ4n) is 1.65. The summed E-state index contributed by atoms with van der Waals surface area (Å²) >= 11 is 1.50. The molecule has 0 aromatic carbocycles. The van der Waals surface area contributed by atoms with E-state index in [-0.39, 0.29) is 11.6 Å². The Hall–Kier alpha value is -2.54. The molecule has 3 heterocycles. The molecule has 0 radical (unpaired) electrons. The highest BCUT2D eigenvalue weighted by molar-refractivity contribution is 7.13. The van der Waals surface area contributed by atoms with Gasteiger partial charge in [0.05, 0.1) is 4.88 Å². The highest BCUT2D eigenvalue weighted by atomic mass is 32.1. The van der Waals surface area contributed by atoms with Gasteiger partial charge >= 0.3 is 5.97 Å². The Morgan fingerprint density at radius 2 is 2.19 bits per heavy atom. The number of carbonyl (C=O) groups is 1. The predicted octanol–water partition coefficient (Wildman–Crippen LogP) is 3.11. The monoisotopic (exact) mass is 301 g/mol. The first kappa shape index (κ1) is 13.4. The molecule has 0 unspecified atom stereocenters. The van der Waals surface area contributed by atoms with E-state index in [1.807, 2.05) is 17.5 Å². The van der Waals surface area contributed by atoms with Crippen molar-refractivity contribution in [2.24, 2.45) is 0 Å². The zero-order valence-corrected chi connectivity index (χ0v) is 11.9. The van der Waals surface area contributed by atoms with Gasteiger partial charge in [-0.3, -0.25) is 0 Å². The van der Waals surface area contributed by atoms with Crippen molar-refractivity contribution in [2.75, 3.05) is 0 Å². The predicted molar refractivity (Wildman–Crippen MR) is 75.7 cm³/mol. The van der Waals surface area contributed by atoms with E-state index in [1.54, 1.807) is 25.1 Å². The molecule has 106 valence electrons. The molecular formula is C14H11N3O3S. The van der Waals surface area contributed by atoms with Crippen molar-refractivity contribution in [1.29, 1.82) is 0 Å². The van der Waals surface area contributed by atoms with Crippen LogP contribution in [0.1, 0.15) is 29.4 Å². The molecule has 0 bridgehead atoms. The van der Waals surface area contributed by atoms with Gasteiger partial charge in [-0.15, -0.1) is 21.5 Å². The SMILES string of the molecule is C[C@H](OC(=O)c1ccccn1)c1nnc(-c2cccs2)o1. The van der Waals surface area contributed by atoms with Crippen LogP contribution in [0.5, 0.6) is 0 Å². The fourth-order valence-corrected chi connectivity index (χ4v) is 2.30. The van der Waals surface area contributed by atoms with E-state index < -0.39 is 12.1 Å². The van der Waals surface area contributed by atoms with Crippen LogP contribution in [-0.2, 0) is 4.74 Å². The molecule has 0 saturated carbocycles. The second-order valence-corrected chi connectivity index (χ2v) is 5.13. The van der Waals surface area contributed by atoms with Crippen LogP contribution in [0, 0.1) is 0 Å². The van der Waals surface area contributed by atoms with Gasteiger partial charge in [-0.05, 0) is 30.5 Å². The van der Waals surface area contributed by atoms with Gasteiger partial charge in [0.2, 0.25) is 0 Å². The summed E-state index contributed by atoms with van der Waals surface area (Å²) in [6, 6.07) is 8.81. The Kier molecular flexibility index (Phi) is 3.74. The minimum absolute atomic E-state index is 0.238. The number of aromatic nitrogens is 3.